The molecule has 0 saturated heterocycles. The Morgan fingerprint density at radius 1 is 0.697 bits per heavy atom. The Kier molecular flexibility index (Phi) is 4.45. The smallest absolute Gasteiger partial charge is 0.149 e. The minimum atomic E-state index is -2.11. The summed E-state index contributed by atoms with van der Waals surface area (Å²) in [4.78, 5) is 0. The van der Waals surface area contributed by atoms with Gasteiger partial charge in [-0.05, 0) is 27.2 Å². The highest BCUT2D eigenvalue weighted by molar-refractivity contribution is 7.14. The van der Waals surface area contributed by atoms with Crippen molar-refractivity contribution in [1.29, 1.82) is 0 Å². The van der Waals surface area contributed by atoms with Crippen LogP contribution in [0.15, 0.2) is 103 Å². The molecule has 162 valence electrons. The van der Waals surface area contributed by atoms with Gasteiger partial charge in [-0.2, -0.15) is 0 Å². The van der Waals surface area contributed by atoms with Crippen molar-refractivity contribution in [3.8, 4) is 11.3 Å². The van der Waals surface area contributed by atoms with E-state index < -0.39 is 16.1 Å². The molecular formula is C30H29NSi2. The number of benzene rings is 4. The molecule has 1 nitrogen and oxygen atoms in total. The van der Waals surface area contributed by atoms with Crippen molar-refractivity contribution in [1.82, 2.24) is 4.57 Å². The molecule has 1 aliphatic heterocycles. The molecule has 4 aromatic carbocycles. The Morgan fingerprint density at radius 2 is 1.33 bits per heavy atom. The van der Waals surface area contributed by atoms with Crippen LogP contribution < -0.4 is 25.9 Å². The van der Waals surface area contributed by atoms with Gasteiger partial charge in [-0.1, -0.05) is 127 Å². The van der Waals surface area contributed by atoms with Gasteiger partial charge < -0.3 is 4.57 Å². The quantitative estimate of drug-likeness (QED) is 0.358. The minimum absolute atomic E-state index is 1.35. The van der Waals surface area contributed by atoms with E-state index in [1.807, 2.05) is 0 Å². The molecule has 1 unspecified atom stereocenters. The first-order chi connectivity index (χ1) is 15.9. The number of hydrogen-bond donors (Lipinski definition) is 0. The highest BCUT2D eigenvalue weighted by atomic mass is 28.3. The highest BCUT2D eigenvalue weighted by Crippen LogP contribution is 2.34. The van der Waals surface area contributed by atoms with Gasteiger partial charge in [0.1, 0.15) is 16.1 Å². The Hall–Kier alpha value is -3.15. The maximum Gasteiger partial charge on any atom is 0.149 e. The van der Waals surface area contributed by atoms with Gasteiger partial charge in [-0.25, -0.2) is 0 Å². The SMILES string of the molecule is Cn1c2c(c3cc([Si](C)(C)c4ccccc4)ccc31)[Si](C)(c1ccccc1)c1ccccc1-2. The fourth-order valence-corrected chi connectivity index (χ4v) is 12.8. The zero-order chi connectivity index (χ0) is 22.8. The molecule has 0 saturated carbocycles. The summed E-state index contributed by atoms with van der Waals surface area (Å²) in [7, 11) is -1.66. The van der Waals surface area contributed by atoms with Crippen LogP contribution in [0.3, 0.4) is 0 Å². The van der Waals surface area contributed by atoms with Crippen LogP contribution in [0.25, 0.3) is 22.2 Å². The molecule has 0 bridgehead atoms. The predicted octanol–water partition coefficient (Wildman–Crippen LogP) is 4.08. The van der Waals surface area contributed by atoms with Crippen LogP contribution >= 0.6 is 0 Å². The molecule has 0 fully saturated rings. The van der Waals surface area contributed by atoms with Crippen molar-refractivity contribution >= 4 is 53.0 Å². The Morgan fingerprint density at radius 3 is 2.06 bits per heavy atom. The predicted molar refractivity (Wildman–Crippen MR) is 149 cm³/mol. The van der Waals surface area contributed by atoms with Gasteiger partial charge in [0.05, 0.1) is 0 Å². The lowest BCUT2D eigenvalue weighted by atomic mass is 10.1. The Bertz CT molecular complexity index is 1500. The van der Waals surface area contributed by atoms with Crippen molar-refractivity contribution in [3.05, 3.63) is 103 Å². The first-order valence-corrected chi connectivity index (χ1v) is 17.3. The van der Waals surface area contributed by atoms with Crippen LogP contribution in [0.5, 0.6) is 0 Å². The lowest BCUT2D eigenvalue weighted by Gasteiger charge is -2.27. The zero-order valence-electron chi connectivity index (χ0n) is 19.8. The zero-order valence-corrected chi connectivity index (χ0v) is 21.8. The normalized spacial score (nSPS) is 17.2. The second-order valence-electron chi connectivity index (χ2n) is 10.0. The molecule has 0 N–H and O–H groups in total. The van der Waals surface area contributed by atoms with Crippen LogP contribution in [-0.4, -0.2) is 20.7 Å². The molecule has 2 heterocycles. The van der Waals surface area contributed by atoms with Crippen molar-refractivity contribution in [2.75, 3.05) is 0 Å². The molecule has 1 aliphatic rings. The summed E-state index contributed by atoms with van der Waals surface area (Å²) in [5, 5.41) is 9.08. The third kappa shape index (κ3) is 2.76. The van der Waals surface area contributed by atoms with Crippen LogP contribution in [0, 0.1) is 0 Å². The third-order valence-corrected chi connectivity index (χ3v) is 16.0. The molecule has 3 heteroatoms. The first-order valence-electron chi connectivity index (χ1n) is 11.8. The largest absolute Gasteiger partial charge is 0.344 e. The maximum atomic E-state index is 2.55. The summed E-state index contributed by atoms with van der Waals surface area (Å²) < 4.78 is 2.45. The summed E-state index contributed by atoms with van der Waals surface area (Å²) >= 11 is 0. The van der Waals surface area contributed by atoms with E-state index in [0.717, 1.165) is 0 Å². The minimum Gasteiger partial charge on any atom is -0.344 e. The van der Waals surface area contributed by atoms with E-state index in [0.29, 0.717) is 0 Å². The van der Waals surface area contributed by atoms with Crippen LogP contribution in [-0.2, 0) is 7.05 Å². The number of fused-ring (bicyclic) bond motifs is 5. The summed E-state index contributed by atoms with van der Waals surface area (Å²) in [5.41, 5.74) is 4.20. The van der Waals surface area contributed by atoms with Gasteiger partial charge in [0.2, 0.25) is 0 Å². The molecule has 33 heavy (non-hydrogen) atoms. The molecule has 6 rings (SSSR count). The lowest BCUT2D eigenvalue weighted by Crippen LogP contribution is -2.62. The average molecular weight is 460 g/mol. The van der Waals surface area contributed by atoms with E-state index in [1.165, 1.54) is 37.7 Å². The van der Waals surface area contributed by atoms with E-state index in [1.54, 1.807) is 10.4 Å². The second-order valence-corrected chi connectivity index (χ2v) is 18.3. The number of aromatic nitrogens is 1. The molecule has 0 spiro atoms. The van der Waals surface area contributed by atoms with Crippen molar-refractivity contribution in [2.45, 2.75) is 19.6 Å². The number of hydrogen-bond acceptors (Lipinski definition) is 0. The lowest BCUT2D eigenvalue weighted by molar-refractivity contribution is 0.983. The molecule has 5 aromatic rings. The second kappa shape index (κ2) is 7.18. The fourth-order valence-electron chi connectivity index (χ4n) is 6.01. The maximum absolute atomic E-state index is 2.55. The van der Waals surface area contributed by atoms with E-state index in [-0.39, 0.29) is 0 Å². The van der Waals surface area contributed by atoms with Crippen molar-refractivity contribution in [3.63, 3.8) is 0 Å². The Balaban J connectivity index is 1.68. The van der Waals surface area contributed by atoms with Gasteiger partial charge in [0.25, 0.3) is 0 Å². The highest BCUT2D eigenvalue weighted by Gasteiger charge is 2.46. The van der Waals surface area contributed by atoms with Crippen LogP contribution in [0.2, 0.25) is 19.6 Å². The van der Waals surface area contributed by atoms with Crippen molar-refractivity contribution < 1.29 is 0 Å². The molecule has 0 radical (unpaired) electrons. The molecule has 1 atom stereocenters. The number of nitrogens with zero attached hydrogens (tertiary/aromatic N) is 1. The van der Waals surface area contributed by atoms with E-state index in [9.17, 15) is 0 Å². The van der Waals surface area contributed by atoms with E-state index in [4.69, 9.17) is 0 Å². The fraction of sp³-hybridized carbons (Fsp3) is 0.133. The summed E-state index contributed by atoms with van der Waals surface area (Å²) in [6.45, 7) is 7.52. The standard InChI is InChI=1S/C30H29NSi2/c1-31-27-20-19-24(32(2,3)22-13-7-5-8-14-22)21-26(27)30-29(31)25-17-11-12-18-28(25)33(30,4)23-15-9-6-10-16-23/h5-21H,1-4H3. The van der Waals surface area contributed by atoms with Crippen LogP contribution in [0.1, 0.15) is 0 Å². The monoisotopic (exact) mass is 459 g/mol. The molecular weight excluding hydrogens is 431 g/mol. The molecule has 1 aromatic heterocycles. The number of rotatable bonds is 3. The summed E-state index contributed by atoms with van der Waals surface area (Å²) in [5.74, 6) is 0. The van der Waals surface area contributed by atoms with Gasteiger partial charge in [-0.3, -0.25) is 0 Å². The van der Waals surface area contributed by atoms with Gasteiger partial charge in [-0.15, -0.1) is 0 Å². The van der Waals surface area contributed by atoms with Gasteiger partial charge in [0.15, 0.2) is 0 Å². The molecule has 0 amide bonds. The summed E-state index contributed by atoms with van der Waals surface area (Å²) in [6, 6.07) is 38.8. The third-order valence-electron chi connectivity index (χ3n) is 7.99. The van der Waals surface area contributed by atoms with Gasteiger partial charge in [0, 0.05) is 23.6 Å². The number of aryl methyl sites for hydroxylation is 1. The molecule has 0 aliphatic carbocycles. The first kappa shape index (κ1) is 20.5. The van der Waals surface area contributed by atoms with E-state index >= 15 is 0 Å². The van der Waals surface area contributed by atoms with Gasteiger partial charge >= 0.3 is 0 Å². The van der Waals surface area contributed by atoms with E-state index in [2.05, 4.69) is 134 Å². The summed E-state index contributed by atoms with van der Waals surface area (Å²) in [6.07, 6.45) is 0. The topological polar surface area (TPSA) is 4.93 Å². The van der Waals surface area contributed by atoms with Crippen molar-refractivity contribution in [2.24, 2.45) is 7.05 Å². The van der Waals surface area contributed by atoms with Crippen LogP contribution in [0.4, 0.5) is 0 Å². The average Bonchev–Trinajstić information content (AvgIpc) is 3.31. The Labute approximate surface area is 198 Å².